The number of esters is 1. The molecule has 2 aromatic rings. The lowest BCUT2D eigenvalue weighted by atomic mass is 10.5. The Kier molecular flexibility index (Phi) is 4.32. The van der Waals surface area contributed by atoms with E-state index in [1.807, 2.05) is 6.92 Å². The van der Waals surface area contributed by atoms with Crippen molar-refractivity contribution in [3.63, 3.8) is 0 Å². The van der Waals surface area contributed by atoms with Crippen molar-refractivity contribution in [2.75, 3.05) is 6.61 Å². The van der Waals surface area contributed by atoms with E-state index in [0.717, 1.165) is 16.6 Å². The number of aromatic nitrogens is 3. The number of aryl methyl sites for hydroxylation is 1. The van der Waals surface area contributed by atoms with Gasteiger partial charge in [0, 0.05) is 18.2 Å². The lowest BCUT2D eigenvalue weighted by Crippen LogP contribution is -2.04. The molecule has 0 N–H and O–H groups in total. The van der Waals surface area contributed by atoms with Gasteiger partial charge in [0.2, 0.25) is 0 Å². The van der Waals surface area contributed by atoms with Crippen LogP contribution in [-0.4, -0.2) is 26.9 Å². The molecule has 0 atom stereocenters. The molecule has 2 rings (SSSR count). The second-order valence-electron chi connectivity index (χ2n) is 3.15. The van der Waals surface area contributed by atoms with E-state index in [0.29, 0.717) is 11.8 Å². The topological polar surface area (TPSA) is 78.1 Å². The number of rotatable bonds is 5. The quantitative estimate of drug-likeness (QED) is 0.780. The molecule has 6 nitrogen and oxygen atoms in total. The Balaban J connectivity index is 2.04. The summed E-state index contributed by atoms with van der Waals surface area (Å²) in [6.45, 7) is 4.03. The van der Waals surface area contributed by atoms with Gasteiger partial charge in [-0.05, 0) is 18.5 Å². The third kappa shape index (κ3) is 3.08. The second-order valence-corrected chi connectivity index (χ2v) is 5.10. The molecule has 0 aliphatic carbocycles. The number of carbonyl (C=O) groups excluding carboxylic acids is 1. The number of nitrogens with zero attached hydrogens (tertiary/aromatic N) is 3. The van der Waals surface area contributed by atoms with Crippen LogP contribution < -0.4 is 0 Å². The third-order valence-corrected chi connectivity index (χ3v) is 3.56. The first-order valence-corrected chi connectivity index (χ1v) is 6.95. The molecule has 18 heavy (non-hydrogen) atoms. The molecule has 0 radical (unpaired) electrons. The number of oxazole rings is 1. The number of ether oxygens (including phenoxy) is 1. The predicted octanol–water partition coefficient (Wildman–Crippen LogP) is 2.42. The van der Waals surface area contributed by atoms with Gasteiger partial charge in [-0.15, -0.1) is 0 Å². The fraction of sp³-hybridized carbons (Fsp3) is 0.400. The Hall–Kier alpha value is -1.41. The Morgan fingerprint density at radius 1 is 1.50 bits per heavy atom. The molecule has 0 aliphatic rings. The first-order valence-electron chi connectivity index (χ1n) is 5.36. The lowest BCUT2D eigenvalue weighted by molar-refractivity contribution is 0.0519. The van der Waals surface area contributed by atoms with Crippen LogP contribution in [0.1, 0.15) is 30.2 Å². The van der Waals surface area contributed by atoms with Gasteiger partial charge in [-0.25, -0.2) is 9.78 Å². The van der Waals surface area contributed by atoms with Crippen molar-refractivity contribution < 1.29 is 13.9 Å². The van der Waals surface area contributed by atoms with Gasteiger partial charge in [0.1, 0.15) is 12.1 Å². The zero-order valence-corrected chi connectivity index (χ0v) is 11.5. The maximum atomic E-state index is 11.4. The molecule has 0 saturated carbocycles. The average Bonchev–Trinajstić information content (AvgIpc) is 2.99. The maximum Gasteiger partial charge on any atom is 0.360 e. The minimum absolute atomic E-state index is 0.166. The summed E-state index contributed by atoms with van der Waals surface area (Å²) in [5.74, 6) is 0.305. The summed E-state index contributed by atoms with van der Waals surface area (Å²) in [4.78, 5) is 19.7. The highest BCUT2D eigenvalue weighted by Gasteiger charge is 2.15. The zero-order valence-electron chi connectivity index (χ0n) is 9.87. The summed E-state index contributed by atoms with van der Waals surface area (Å²) in [5, 5.41) is 0.358. The second kappa shape index (κ2) is 5.96. The molecule has 0 bridgehead atoms. The molecule has 2 heterocycles. The highest BCUT2D eigenvalue weighted by atomic mass is 32.2. The summed E-state index contributed by atoms with van der Waals surface area (Å²) < 4.78 is 14.9. The van der Waals surface area contributed by atoms with Gasteiger partial charge in [0.05, 0.1) is 6.61 Å². The highest BCUT2D eigenvalue weighted by molar-refractivity contribution is 8.00. The zero-order chi connectivity index (χ0) is 13.0. The van der Waals surface area contributed by atoms with Crippen molar-refractivity contribution in [2.24, 2.45) is 0 Å². The molecule has 8 heteroatoms. The third-order valence-electron chi connectivity index (χ3n) is 1.91. The normalized spacial score (nSPS) is 10.6. The van der Waals surface area contributed by atoms with Crippen LogP contribution in [0.15, 0.2) is 20.2 Å². The summed E-state index contributed by atoms with van der Waals surface area (Å²) in [6, 6.07) is 0. The number of carbonyl (C=O) groups is 1. The predicted molar refractivity (Wildman–Crippen MR) is 65.9 cm³/mol. The highest BCUT2D eigenvalue weighted by Crippen LogP contribution is 2.28. The van der Waals surface area contributed by atoms with Gasteiger partial charge in [-0.3, -0.25) is 0 Å². The van der Waals surface area contributed by atoms with Crippen LogP contribution in [0.5, 0.6) is 0 Å². The summed E-state index contributed by atoms with van der Waals surface area (Å²) in [6.07, 6.45) is 2.07. The van der Waals surface area contributed by atoms with E-state index in [2.05, 4.69) is 14.3 Å². The van der Waals surface area contributed by atoms with E-state index in [4.69, 9.17) is 9.15 Å². The van der Waals surface area contributed by atoms with Crippen molar-refractivity contribution in [3.8, 4) is 0 Å². The van der Waals surface area contributed by atoms with E-state index in [9.17, 15) is 4.79 Å². The van der Waals surface area contributed by atoms with Crippen LogP contribution in [0.2, 0.25) is 0 Å². The molecule has 0 unspecified atom stereocenters. The van der Waals surface area contributed by atoms with Crippen LogP contribution in [0.4, 0.5) is 0 Å². The minimum Gasteiger partial charge on any atom is -0.461 e. The first kappa shape index (κ1) is 13.0. The van der Waals surface area contributed by atoms with E-state index >= 15 is 0 Å². The van der Waals surface area contributed by atoms with E-state index < -0.39 is 5.97 Å². The van der Waals surface area contributed by atoms with E-state index in [1.165, 1.54) is 29.6 Å². The Morgan fingerprint density at radius 2 is 2.33 bits per heavy atom. The molecular weight excluding hydrogens is 274 g/mol. The van der Waals surface area contributed by atoms with Crippen molar-refractivity contribution in [1.82, 2.24) is 14.3 Å². The SMILES string of the molecule is CCOC(=O)c1coc(Sc2nc(CC)ns2)n1. The fourth-order valence-electron chi connectivity index (χ4n) is 1.10. The van der Waals surface area contributed by atoms with Crippen LogP contribution in [0, 0.1) is 0 Å². The fourth-order valence-corrected chi connectivity index (χ4v) is 2.62. The molecular formula is C10H11N3O3S2. The minimum atomic E-state index is -0.486. The molecule has 0 saturated heterocycles. The number of hydrogen-bond acceptors (Lipinski definition) is 8. The smallest absolute Gasteiger partial charge is 0.360 e. The molecule has 0 aromatic carbocycles. The van der Waals surface area contributed by atoms with Crippen LogP contribution in [-0.2, 0) is 11.2 Å². The van der Waals surface area contributed by atoms with E-state index in [1.54, 1.807) is 6.92 Å². The van der Waals surface area contributed by atoms with Crippen molar-refractivity contribution in [2.45, 2.75) is 29.8 Å². The Bertz CT molecular complexity index is 538. The van der Waals surface area contributed by atoms with Gasteiger partial charge in [0.25, 0.3) is 5.22 Å². The Labute approximate surface area is 112 Å². The van der Waals surface area contributed by atoms with Crippen LogP contribution >= 0.6 is 23.3 Å². The summed E-state index contributed by atoms with van der Waals surface area (Å²) >= 11 is 2.52. The standard InChI is InChI=1S/C10H11N3O3S2/c1-3-7-12-10(18-13-7)17-9-11-6(5-16-9)8(14)15-4-2/h5H,3-4H2,1-2H3. The Morgan fingerprint density at radius 3 is 3.00 bits per heavy atom. The largest absolute Gasteiger partial charge is 0.461 e. The monoisotopic (exact) mass is 285 g/mol. The lowest BCUT2D eigenvalue weighted by Gasteiger charge is -1.94. The first-order chi connectivity index (χ1) is 8.72. The summed E-state index contributed by atoms with van der Waals surface area (Å²) in [7, 11) is 0. The van der Waals surface area contributed by atoms with Gasteiger partial charge in [-0.1, -0.05) is 6.92 Å². The molecule has 0 amide bonds. The molecule has 96 valence electrons. The van der Waals surface area contributed by atoms with Crippen LogP contribution in [0.3, 0.4) is 0 Å². The average molecular weight is 285 g/mol. The molecule has 2 aromatic heterocycles. The van der Waals surface area contributed by atoms with Gasteiger partial charge in [-0.2, -0.15) is 9.36 Å². The van der Waals surface area contributed by atoms with Gasteiger partial charge < -0.3 is 9.15 Å². The van der Waals surface area contributed by atoms with Gasteiger partial charge in [0.15, 0.2) is 10.0 Å². The van der Waals surface area contributed by atoms with Crippen molar-refractivity contribution in [3.05, 3.63) is 17.8 Å². The summed E-state index contributed by atoms with van der Waals surface area (Å²) in [5.41, 5.74) is 0.166. The van der Waals surface area contributed by atoms with Gasteiger partial charge >= 0.3 is 5.97 Å². The maximum absolute atomic E-state index is 11.4. The molecule has 0 spiro atoms. The molecule has 0 fully saturated rings. The number of hydrogen-bond donors (Lipinski definition) is 0. The van der Waals surface area contributed by atoms with Crippen molar-refractivity contribution >= 4 is 29.3 Å². The van der Waals surface area contributed by atoms with E-state index in [-0.39, 0.29) is 5.69 Å². The molecule has 0 aliphatic heterocycles. The van der Waals surface area contributed by atoms with Crippen molar-refractivity contribution in [1.29, 1.82) is 0 Å². The van der Waals surface area contributed by atoms with Crippen LogP contribution in [0.25, 0.3) is 0 Å².